The van der Waals surface area contributed by atoms with Gasteiger partial charge in [0, 0.05) is 6.61 Å². The van der Waals surface area contributed by atoms with Crippen LogP contribution in [-0.2, 0) is 19.1 Å². The smallest absolute Gasteiger partial charge is 0.308 e. The van der Waals surface area contributed by atoms with Crippen LogP contribution in [0, 0.1) is 11.8 Å². The van der Waals surface area contributed by atoms with Gasteiger partial charge in [-0.15, -0.1) is 0 Å². The van der Waals surface area contributed by atoms with Crippen LogP contribution >= 0.6 is 0 Å². The van der Waals surface area contributed by atoms with Gasteiger partial charge in [0.05, 0.1) is 25.0 Å². The molecule has 0 heterocycles. The summed E-state index contributed by atoms with van der Waals surface area (Å²) in [5.74, 6) is 0.355. The van der Waals surface area contributed by atoms with Crippen LogP contribution in [0.1, 0.15) is 231 Å². The maximum Gasteiger partial charge on any atom is 0.308 e. The highest BCUT2D eigenvalue weighted by molar-refractivity contribution is 5.72. The molecule has 306 valence electrons. The molecule has 2 rings (SSSR count). The highest BCUT2D eigenvalue weighted by Gasteiger charge is 2.20. The summed E-state index contributed by atoms with van der Waals surface area (Å²) >= 11 is 0. The van der Waals surface area contributed by atoms with Gasteiger partial charge in [-0.3, -0.25) is 9.59 Å². The normalized spacial score (nSPS) is 19.4. The fraction of sp³-hybridized carbons (Fsp3) is 0.957. The maximum absolute atomic E-state index is 12.9. The van der Waals surface area contributed by atoms with Crippen molar-refractivity contribution in [3.8, 4) is 0 Å². The largest absolute Gasteiger partial charge is 0.465 e. The Morgan fingerprint density at radius 2 is 0.654 bits per heavy atom. The minimum atomic E-state index is 0.0669. The molecule has 0 aromatic rings. The summed E-state index contributed by atoms with van der Waals surface area (Å²) < 4.78 is 11.6. The fourth-order valence-electron chi connectivity index (χ4n) is 8.45. The number of ether oxygens (including phenoxy) is 2. The molecule has 6 heteroatoms. The van der Waals surface area contributed by atoms with Gasteiger partial charge in [-0.1, -0.05) is 167 Å². The number of aliphatic hydroxyl groups excluding tert-OH is 1. The molecule has 0 radical (unpaired) electrons. The third-order valence-electron chi connectivity index (χ3n) is 12.0. The Hall–Kier alpha value is -1.14. The lowest BCUT2D eigenvalue weighted by Crippen LogP contribution is -2.27. The second-order valence-electron chi connectivity index (χ2n) is 16.8. The molecule has 0 aromatic carbocycles. The average molecular weight is 734 g/mol. The Balaban J connectivity index is 1.56. The van der Waals surface area contributed by atoms with E-state index in [1.807, 2.05) is 0 Å². The number of unbranched alkanes of at least 4 members (excludes halogenated alkanes) is 7. The van der Waals surface area contributed by atoms with Gasteiger partial charge in [0.25, 0.3) is 0 Å². The van der Waals surface area contributed by atoms with Crippen molar-refractivity contribution >= 4 is 11.9 Å². The molecule has 2 aliphatic carbocycles. The number of carbonyl (C=O) groups excluding carboxylic acids is 2. The van der Waals surface area contributed by atoms with Crippen LogP contribution in [0.15, 0.2) is 0 Å². The molecule has 0 unspecified atom stereocenters. The van der Waals surface area contributed by atoms with E-state index in [0.29, 0.717) is 13.2 Å². The molecule has 2 aliphatic rings. The highest BCUT2D eigenvalue weighted by atomic mass is 16.5. The van der Waals surface area contributed by atoms with Gasteiger partial charge in [0.15, 0.2) is 0 Å². The van der Waals surface area contributed by atoms with Gasteiger partial charge in [0.2, 0.25) is 0 Å². The Kier molecular flexibility index (Phi) is 32.1. The second kappa shape index (κ2) is 35.6. The summed E-state index contributed by atoms with van der Waals surface area (Å²) in [7, 11) is 0. The average Bonchev–Trinajstić information content (AvgIpc) is 3.15. The van der Waals surface area contributed by atoms with Crippen LogP contribution in [0.2, 0.25) is 0 Å². The van der Waals surface area contributed by atoms with Crippen LogP contribution in [-0.4, -0.2) is 61.4 Å². The van der Waals surface area contributed by atoms with Crippen LogP contribution in [0.5, 0.6) is 0 Å². The number of esters is 2. The van der Waals surface area contributed by atoms with E-state index in [1.165, 1.54) is 167 Å². The lowest BCUT2D eigenvalue weighted by Gasteiger charge is -2.22. The van der Waals surface area contributed by atoms with E-state index >= 15 is 0 Å². The molecular formula is C46H87NO5. The van der Waals surface area contributed by atoms with E-state index in [-0.39, 0.29) is 30.4 Å². The Morgan fingerprint density at radius 3 is 0.962 bits per heavy atom. The van der Waals surface area contributed by atoms with Crippen LogP contribution in [0.4, 0.5) is 0 Å². The third kappa shape index (κ3) is 27.4. The van der Waals surface area contributed by atoms with Crippen molar-refractivity contribution in [3.05, 3.63) is 0 Å². The molecule has 0 saturated heterocycles. The summed E-state index contributed by atoms with van der Waals surface area (Å²) in [6.45, 7) is 4.68. The maximum atomic E-state index is 12.9. The van der Waals surface area contributed by atoms with Gasteiger partial charge in [-0.25, -0.2) is 0 Å². The molecule has 0 spiro atoms. The van der Waals surface area contributed by atoms with Crippen LogP contribution in [0.3, 0.4) is 0 Å². The third-order valence-corrected chi connectivity index (χ3v) is 12.0. The summed E-state index contributed by atoms with van der Waals surface area (Å²) in [5.41, 5.74) is 0. The SMILES string of the molecule is O=C(OCCCCCCN(CCCCO)CCCCCCOC(=O)C1CCCCCCCCCCCCC1)C1CCCCCCCCCCCCC1. The molecule has 52 heavy (non-hydrogen) atoms. The second-order valence-corrected chi connectivity index (χ2v) is 16.8. The number of aliphatic hydroxyl groups is 1. The van der Waals surface area contributed by atoms with E-state index in [1.54, 1.807) is 0 Å². The van der Waals surface area contributed by atoms with Crippen molar-refractivity contribution in [1.82, 2.24) is 4.90 Å². The summed E-state index contributed by atoms with van der Waals surface area (Å²) in [5, 5.41) is 9.31. The van der Waals surface area contributed by atoms with Gasteiger partial charge >= 0.3 is 11.9 Å². The highest BCUT2D eigenvalue weighted by Crippen LogP contribution is 2.24. The quantitative estimate of drug-likeness (QED) is 0.0991. The Bertz CT molecular complexity index is 718. The van der Waals surface area contributed by atoms with Crippen molar-refractivity contribution in [2.75, 3.05) is 39.5 Å². The first-order chi connectivity index (χ1) is 25.7. The zero-order valence-electron chi connectivity index (χ0n) is 34.4. The van der Waals surface area contributed by atoms with Gasteiger partial charge < -0.3 is 19.5 Å². The molecule has 0 atom stereocenters. The van der Waals surface area contributed by atoms with Crippen LogP contribution < -0.4 is 0 Å². The molecule has 1 N–H and O–H groups in total. The molecule has 2 saturated carbocycles. The molecule has 0 aromatic heterocycles. The molecule has 0 amide bonds. The number of carbonyl (C=O) groups is 2. The predicted molar refractivity (Wildman–Crippen MR) is 219 cm³/mol. The van der Waals surface area contributed by atoms with Crippen LogP contribution in [0.25, 0.3) is 0 Å². The first kappa shape index (κ1) is 47.0. The molecule has 2 fully saturated rings. The lowest BCUT2D eigenvalue weighted by atomic mass is 9.93. The topological polar surface area (TPSA) is 76.1 Å². The summed E-state index contributed by atoms with van der Waals surface area (Å²) in [6.07, 6.45) is 43.6. The van der Waals surface area contributed by atoms with Crippen molar-refractivity contribution < 1.29 is 24.2 Å². The number of hydrogen-bond donors (Lipinski definition) is 1. The number of rotatable bonds is 20. The Labute approximate surface area is 322 Å². The molecule has 0 aliphatic heterocycles. The monoisotopic (exact) mass is 734 g/mol. The standard InChI is InChI=1S/C46H87NO5/c48-40-30-29-39-47(37-27-19-21-31-41-51-45(49)43-33-23-15-11-7-3-1-4-8-12-16-24-34-43)38-28-20-22-32-42-52-46(50)44-35-25-17-13-9-5-2-6-10-14-18-26-36-44/h43-44,48H,1-42H2. The minimum absolute atomic E-state index is 0.0669. The van der Waals surface area contributed by atoms with Gasteiger partial charge in [-0.05, 0) is 83.8 Å². The summed E-state index contributed by atoms with van der Waals surface area (Å²) in [6, 6.07) is 0. The molecular weight excluding hydrogens is 647 g/mol. The molecule has 6 nitrogen and oxygen atoms in total. The zero-order chi connectivity index (χ0) is 37.0. The van der Waals surface area contributed by atoms with Crippen molar-refractivity contribution in [3.63, 3.8) is 0 Å². The van der Waals surface area contributed by atoms with Crippen molar-refractivity contribution in [2.45, 2.75) is 231 Å². The predicted octanol–water partition coefficient (Wildman–Crippen LogP) is 12.7. The van der Waals surface area contributed by atoms with Crippen molar-refractivity contribution in [1.29, 1.82) is 0 Å². The summed E-state index contributed by atoms with van der Waals surface area (Å²) in [4.78, 5) is 28.4. The van der Waals surface area contributed by atoms with E-state index in [0.717, 1.165) is 83.8 Å². The number of hydrogen-bond acceptors (Lipinski definition) is 6. The minimum Gasteiger partial charge on any atom is -0.465 e. The lowest BCUT2D eigenvalue weighted by molar-refractivity contribution is -0.150. The fourth-order valence-corrected chi connectivity index (χ4v) is 8.45. The number of nitrogens with zero attached hydrogens (tertiary/aromatic N) is 1. The van der Waals surface area contributed by atoms with Gasteiger partial charge in [-0.2, -0.15) is 0 Å². The van der Waals surface area contributed by atoms with E-state index in [4.69, 9.17) is 9.47 Å². The van der Waals surface area contributed by atoms with Crippen molar-refractivity contribution in [2.24, 2.45) is 11.8 Å². The first-order valence-corrected chi connectivity index (χ1v) is 23.4. The van der Waals surface area contributed by atoms with E-state index in [2.05, 4.69) is 4.90 Å². The molecule has 0 bridgehead atoms. The van der Waals surface area contributed by atoms with Gasteiger partial charge in [0.1, 0.15) is 0 Å². The Morgan fingerprint density at radius 1 is 0.385 bits per heavy atom. The first-order valence-electron chi connectivity index (χ1n) is 23.4. The van der Waals surface area contributed by atoms with E-state index < -0.39 is 0 Å². The zero-order valence-corrected chi connectivity index (χ0v) is 34.4. The van der Waals surface area contributed by atoms with E-state index in [9.17, 15) is 14.7 Å².